The van der Waals surface area contributed by atoms with Crippen molar-refractivity contribution in [3.63, 3.8) is 0 Å². The maximum atomic E-state index is 12.6. The number of hydrogen-bond donors (Lipinski definition) is 1. The zero-order chi connectivity index (χ0) is 40.2. The fourth-order valence-electron chi connectivity index (χ4n) is 8.23. The normalized spacial score (nSPS) is 12.0. The van der Waals surface area contributed by atoms with Gasteiger partial charge in [-0.2, -0.15) is 0 Å². The van der Waals surface area contributed by atoms with Gasteiger partial charge in [-0.3, -0.25) is 9.55 Å². The number of nitrogens with zero attached hydrogens (tertiary/aromatic N) is 3. The molecule has 0 saturated carbocycles. The van der Waals surface area contributed by atoms with E-state index >= 15 is 0 Å². The van der Waals surface area contributed by atoms with E-state index in [1.165, 1.54) is 0 Å². The van der Waals surface area contributed by atoms with Gasteiger partial charge in [0.1, 0.15) is 11.6 Å². The van der Waals surface area contributed by atoms with Crippen molar-refractivity contribution >= 4 is 21.8 Å². The summed E-state index contributed by atoms with van der Waals surface area (Å²) in [5, 5.41) is 14.8. The van der Waals surface area contributed by atoms with Gasteiger partial charge in [0, 0.05) is 34.0 Å². The first-order valence-corrected chi connectivity index (χ1v) is 20.1. The van der Waals surface area contributed by atoms with Crippen LogP contribution in [0.15, 0.2) is 170 Å². The van der Waals surface area contributed by atoms with E-state index in [0.29, 0.717) is 11.4 Å². The average molecular weight is 754 g/mol. The van der Waals surface area contributed by atoms with Crippen molar-refractivity contribution in [2.24, 2.45) is 0 Å². The Morgan fingerprint density at radius 3 is 1.76 bits per heavy atom. The highest BCUT2D eigenvalue weighted by Crippen LogP contribution is 2.47. The molecule has 0 radical (unpaired) electrons. The van der Waals surface area contributed by atoms with Crippen molar-refractivity contribution in [1.29, 1.82) is 0 Å². The van der Waals surface area contributed by atoms with Gasteiger partial charge in [-0.15, -0.1) is 0 Å². The van der Waals surface area contributed by atoms with Gasteiger partial charge in [0.05, 0.1) is 28.0 Å². The van der Waals surface area contributed by atoms with E-state index in [1.807, 2.05) is 18.3 Å². The lowest BCUT2D eigenvalue weighted by Gasteiger charge is -2.28. The topological polar surface area (TPSA) is 50.9 Å². The second-order valence-electron chi connectivity index (χ2n) is 17.3. The van der Waals surface area contributed by atoms with E-state index in [9.17, 15) is 5.11 Å². The Hall–Kier alpha value is -6.78. The summed E-state index contributed by atoms with van der Waals surface area (Å²) >= 11 is 0. The number of rotatable bonds is 6. The van der Waals surface area contributed by atoms with Crippen molar-refractivity contribution in [2.45, 2.75) is 52.4 Å². The van der Waals surface area contributed by atoms with E-state index in [1.54, 1.807) is 0 Å². The number of hydrogen-bond acceptors (Lipinski definition) is 3. The average Bonchev–Trinajstić information content (AvgIpc) is 3.62. The summed E-state index contributed by atoms with van der Waals surface area (Å²) in [6.07, 6.45) is 1.84. The van der Waals surface area contributed by atoms with Gasteiger partial charge in [0.25, 0.3) is 0 Å². The van der Waals surface area contributed by atoms with E-state index < -0.39 is 0 Å². The minimum absolute atomic E-state index is 0.188. The molecule has 0 aliphatic carbocycles. The van der Waals surface area contributed by atoms with Gasteiger partial charge in [-0.1, -0.05) is 169 Å². The first-order chi connectivity index (χ1) is 28.0. The predicted octanol–water partition coefficient (Wildman–Crippen LogP) is 14.2. The van der Waals surface area contributed by atoms with E-state index in [-0.39, 0.29) is 16.6 Å². The van der Waals surface area contributed by atoms with Crippen LogP contribution in [0.1, 0.15) is 52.7 Å². The lowest BCUT2D eigenvalue weighted by atomic mass is 9.79. The Morgan fingerprint density at radius 2 is 1.12 bits per heavy atom. The molecule has 58 heavy (non-hydrogen) atoms. The summed E-state index contributed by atoms with van der Waals surface area (Å²) in [7, 11) is 0. The zero-order valence-corrected chi connectivity index (χ0v) is 34.0. The summed E-state index contributed by atoms with van der Waals surface area (Å²) in [4.78, 5) is 10.5. The van der Waals surface area contributed by atoms with Gasteiger partial charge in [-0.25, -0.2) is 4.98 Å². The van der Waals surface area contributed by atoms with Crippen LogP contribution in [-0.2, 0) is 10.8 Å². The summed E-state index contributed by atoms with van der Waals surface area (Å²) in [5.74, 6) is 0.932. The maximum absolute atomic E-state index is 12.6. The zero-order valence-electron chi connectivity index (χ0n) is 34.0. The number of aromatic nitrogens is 3. The van der Waals surface area contributed by atoms with Crippen molar-refractivity contribution < 1.29 is 5.11 Å². The fourth-order valence-corrected chi connectivity index (χ4v) is 8.23. The molecule has 0 saturated heterocycles. The Kier molecular flexibility index (Phi) is 9.09. The summed E-state index contributed by atoms with van der Waals surface area (Å²) < 4.78 is 2.31. The van der Waals surface area contributed by atoms with Crippen LogP contribution in [0.5, 0.6) is 5.75 Å². The maximum Gasteiger partial charge on any atom is 0.149 e. The molecule has 9 aromatic rings. The van der Waals surface area contributed by atoms with Crippen molar-refractivity contribution in [1.82, 2.24) is 14.5 Å². The van der Waals surface area contributed by atoms with Crippen LogP contribution in [0.25, 0.3) is 83.5 Å². The molecule has 0 fully saturated rings. The number of fused-ring (bicyclic) bond motifs is 2. The Labute approximate surface area is 341 Å². The summed E-state index contributed by atoms with van der Waals surface area (Å²) in [6.45, 7) is 13.2. The monoisotopic (exact) mass is 753 g/mol. The SMILES string of the molecule is CC(C)(C)c1cc(-c2nc3c(-c4cc(-c5ccccn5)cc5ccccc45)cccc3n2-c2c(-c3ccccc3)cccc2-c2ccccc2)c(O)c(C(C)(C)C)c1. The lowest BCUT2D eigenvalue weighted by Crippen LogP contribution is -2.17. The van der Waals surface area contributed by atoms with E-state index in [0.717, 1.165) is 83.3 Å². The number of phenols is 1. The molecule has 0 spiro atoms. The Morgan fingerprint density at radius 1 is 0.500 bits per heavy atom. The number of para-hydroxylation sites is 2. The third-order valence-electron chi connectivity index (χ3n) is 11.3. The number of phenolic OH excluding ortho intramolecular Hbond substituents is 1. The second-order valence-corrected chi connectivity index (χ2v) is 17.3. The van der Waals surface area contributed by atoms with Gasteiger partial charge >= 0.3 is 0 Å². The molecule has 9 rings (SSSR count). The third kappa shape index (κ3) is 6.55. The molecule has 0 amide bonds. The molecule has 0 atom stereocenters. The van der Waals surface area contributed by atoms with Crippen LogP contribution in [0, 0.1) is 0 Å². The van der Waals surface area contributed by atoms with Crippen LogP contribution in [-0.4, -0.2) is 19.6 Å². The quantitative estimate of drug-likeness (QED) is 0.184. The highest BCUT2D eigenvalue weighted by molar-refractivity contribution is 6.07. The summed E-state index contributed by atoms with van der Waals surface area (Å²) in [6, 6.07) is 57.6. The highest BCUT2D eigenvalue weighted by Gasteiger charge is 2.30. The lowest BCUT2D eigenvalue weighted by molar-refractivity contribution is 0.446. The standard InChI is InChI=1S/C54H47N3O/c1-53(2,3)39-33-45(51(58)46(34-39)54(4,5)6)52-56-49-43(44-32-38(47-28-15-16-30-55-47)31-37-23-13-14-24-40(37)44)27-18-29-48(49)57(52)50-41(35-19-9-7-10-20-35)25-17-26-42(50)36-21-11-8-12-22-36/h7-34,58H,1-6H3. The molecule has 4 heteroatoms. The predicted molar refractivity (Wildman–Crippen MR) is 243 cm³/mol. The Balaban J connectivity index is 1.46. The molecule has 0 unspecified atom stereocenters. The molecule has 1 N–H and O–H groups in total. The smallest absolute Gasteiger partial charge is 0.149 e. The molecule has 7 aromatic carbocycles. The third-order valence-corrected chi connectivity index (χ3v) is 11.3. The van der Waals surface area contributed by atoms with Crippen LogP contribution < -0.4 is 0 Å². The van der Waals surface area contributed by atoms with Crippen LogP contribution in [0.2, 0.25) is 0 Å². The molecule has 2 heterocycles. The number of benzene rings is 7. The Bertz CT molecular complexity index is 2890. The number of aromatic hydroxyl groups is 1. The van der Waals surface area contributed by atoms with Crippen LogP contribution >= 0.6 is 0 Å². The minimum Gasteiger partial charge on any atom is -0.507 e. The molecule has 0 bridgehead atoms. The van der Waals surface area contributed by atoms with E-state index in [2.05, 4.69) is 198 Å². The first-order valence-electron chi connectivity index (χ1n) is 20.1. The summed E-state index contributed by atoms with van der Waals surface area (Å²) in [5.41, 5.74) is 13.4. The number of pyridine rings is 1. The molecule has 0 aliphatic heterocycles. The largest absolute Gasteiger partial charge is 0.507 e. The molecule has 0 aliphatic rings. The van der Waals surface area contributed by atoms with Crippen molar-refractivity contribution in [3.05, 3.63) is 181 Å². The first kappa shape index (κ1) is 36.8. The van der Waals surface area contributed by atoms with Gasteiger partial charge < -0.3 is 5.11 Å². The second kappa shape index (κ2) is 14.3. The van der Waals surface area contributed by atoms with Gasteiger partial charge in [0.15, 0.2) is 0 Å². The molecule has 284 valence electrons. The van der Waals surface area contributed by atoms with E-state index in [4.69, 9.17) is 9.97 Å². The molecular weight excluding hydrogens is 707 g/mol. The fraction of sp³-hybridized carbons (Fsp3) is 0.148. The van der Waals surface area contributed by atoms with Crippen molar-refractivity contribution in [2.75, 3.05) is 0 Å². The molecular formula is C54H47N3O. The van der Waals surface area contributed by atoms with Gasteiger partial charge in [0.2, 0.25) is 0 Å². The van der Waals surface area contributed by atoms with Crippen molar-refractivity contribution in [3.8, 4) is 67.5 Å². The molecule has 2 aromatic heterocycles. The minimum atomic E-state index is -0.329. The van der Waals surface area contributed by atoms with Gasteiger partial charge in [-0.05, 0) is 80.3 Å². The van der Waals surface area contributed by atoms with Crippen LogP contribution in [0.3, 0.4) is 0 Å². The number of imidazole rings is 1. The molecule has 4 nitrogen and oxygen atoms in total. The van der Waals surface area contributed by atoms with Crippen LogP contribution in [0.4, 0.5) is 0 Å². The highest BCUT2D eigenvalue weighted by atomic mass is 16.3.